The molecule has 0 saturated carbocycles. The van der Waals surface area contributed by atoms with Crippen LogP contribution >= 0.6 is 0 Å². The van der Waals surface area contributed by atoms with E-state index in [1.165, 1.54) is 6.92 Å². The Bertz CT molecular complexity index is 714. The molecule has 0 spiro atoms. The van der Waals surface area contributed by atoms with Crippen LogP contribution in [0.1, 0.15) is 24.2 Å². The average Bonchev–Trinajstić information content (AvgIpc) is 2.48. The third-order valence-corrected chi connectivity index (χ3v) is 2.86. The molecule has 0 aliphatic heterocycles. The minimum atomic E-state index is -0.483. The van der Waals surface area contributed by atoms with E-state index in [0.29, 0.717) is 28.4 Å². The van der Waals surface area contributed by atoms with Gasteiger partial charge in [-0.3, -0.25) is 4.79 Å². The first-order valence-corrected chi connectivity index (χ1v) is 6.72. The van der Waals surface area contributed by atoms with E-state index in [1.807, 2.05) is 0 Å². The summed E-state index contributed by atoms with van der Waals surface area (Å²) in [5.41, 5.74) is 0.947. The van der Waals surface area contributed by atoms with Gasteiger partial charge < -0.3 is 9.47 Å². The smallest absolute Gasteiger partial charge is 0.338 e. The van der Waals surface area contributed by atoms with Gasteiger partial charge in [-0.15, -0.1) is 0 Å². The molecule has 22 heavy (non-hydrogen) atoms. The minimum Gasteiger partial charge on any atom is -0.457 e. The first kappa shape index (κ1) is 15.5. The number of Topliss-reactive ketones (excluding diaryl/α,β-unsaturated/α-hetero) is 1. The van der Waals surface area contributed by atoms with Gasteiger partial charge >= 0.3 is 5.97 Å². The van der Waals surface area contributed by atoms with E-state index in [0.717, 1.165) is 0 Å². The molecule has 0 amide bonds. The molecule has 2 aromatic carbocycles. The molecule has 112 valence electrons. The zero-order valence-electron chi connectivity index (χ0n) is 12.5. The third kappa shape index (κ3) is 4.06. The van der Waals surface area contributed by atoms with Crippen molar-refractivity contribution in [1.29, 1.82) is 0 Å². The number of benzene rings is 2. The van der Waals surface area contributed by atoms with Crippen molar-refractivity contribution in [2.24, 2.45) is 0 Å². The molecule has 2 aromatic rings. The summed E-state index contributed by atoms with van der Waals surface area (Å²) in [6.07, 6.45) is 0. The summed E-state index contributed by atoms with van der Waals surface area (Å²) < 4.78 is 10.8. The number of ether oxygens (including phenoxy) is 2. The second-order valence-electron chi connectivity index (χ2n) is 4.83. The van der Waals surface area contributed by atoms with E-state index < -0.39 is 5.97 Å². The molecule has 0 N–H and O–H groups in total. The molecule has 0 unspecified atom stereocenters. The zero-order chi connectivity index (χ0) is 16.1. The lowest BCUT2D eigenvalue weighted by molar-refractivity contribution is -0.130. The van der Waals surface area contributed by atoms with E-state index in [2.05, 4.69) is 6.58 Å². The lowest BCUT2D eigenvalue weighted by Gasteiger charge is -2.08. The van der Waals surface area contributed by atoms with Crippen LogP contribution < -0.4 is 9.47 Å². The molecule has 0 fully saturated rings. The fourth-order valence-corrected chi connectivity index (χ4v) is 1.69. The second kappa shape index (κ2) is 6.72. The van der Waals surface area contributed by atoms with Gasteiger partial charge in [-0.25, -0.2) is 4.79 Å². The van der Waals surface area contributed by atoms with Gasteiger partial charge in [-0.2, -0.15) is 0 Å². The molecule has 0 radical (unpaired) electrons. The Morgan fingerprint density at radius 1 is 0.909 bits per heavy atom. The summed E-state index contributed by atoms with van der Waals surface area (Å²) in [7, 11) is 0. The Labute approximate surface area is 129 Å². The molecule has 0 heterocycles. The summed E-state index contributed by atoms with van der Waals surface area (Å²) in [6.45, 7) is 6.62. The first-order chi connectivity index (χ1) is 10.5. The van der Waals surface area contributed by atoms with Gasteiger partial charge in [0, 0.05) is 17.2 Å². The Morgan fingerprint density at radius 3 is 2.14 bits per heavy atom. The van der Waals surface area contributed by atoms with Gasteiger partial charge in [0.1, 0.15) is 17.2 Å². The maximum absolute atomic E-state index is 11.5. The molecule has 2 rings (SSSR count). The molecule has 4 heteroatoms. The molecular weight excluding hydrogens is 280 g/mol. The summed E-state index contributed by atoms with van der Waals surface area (Å²) in [4.78, 5) is 22.7. The van der Waals surface area contributed by atoms with Gasteiger partial charge in [-0.05, 0) is 50.2 Å². The van der Waals surface area contributed by atoms with Crippen LogP contribution in [0.25, 0.3) is 0 Å². The molecule has 0 atom stereocenters. The van der Waals surface area contributed by atoms with Crippen molar-refractivity contribution >= 4 is 11.8 Å². The Hall–Kier alpha value is -2.88. The third-order valence-electron chi connectivity index (χ3n) is 2.86. The number of carbonyl (C=O) groups excluding carboxylic acids is 2. The van der Waals surface area contributed by atoms with E-state index in [-0.39, 0.29) is 5.78 Å². The topological polar surface area (TPSA) is 52.6 Å². The minimum absolute atomic E-state index is 0.000236. The monoisotopic (exact) mass is 296 g/mol. The Balaban J connectivity index is 2.11. The largest absolute Gasteiger partial charge is 0.457 e. The quantitative estimate of drug-likeness (QED) is 0.360. The highest BCUT2D eigenvalue weighted by atomic mass is 16.5. The molecular formula is C18H16O4. The van der Waals surface area contributed by atoms with Crippen LogP contribution in [-0.4, -0.2) is 11.8 Å². The summed E-state index contributed by atoms with van der Waals surface area (Å²) in [6, 6.07) is 13.6. The summed E-state index contributed by atoms with van der Waals surface area (Å²) in [5, 5.41) is 0. The number of hydrogen-bond acceptors (Lipinski definition) is 4. The summed E-state index contributed by atoms with van der Waals surface area (Å²) >= 11 is 0. The van der Waals surface area contributed by atoms with Crippen LogP contribution in [0.15, 0.2) is 60.7 Å². The van der Waals surface area contributed by atoms with Crippen LogP contribution in [0, 0.1) is 0 Å². The highest BCUT2D eigenvalue weighted by Gasteiger charge is 2.07. The van der Waals surface area contributed by atoms with Crippen LogP contribution in [0.5, 0.6) is 17.2 Å². The average molecular weight is 296 g/mol. The molecule has 0 aromatic heterocycles. The van der Waals surface area contributed by atoms with Crippen molar-refractivity contribution in [2.75, 3.05) is 0 Å². The predicted molar refractivity (Wildman–Crippen MR) is 83.4 cm³/mol. The van der Waals surface area contributed by atoms with Crippen LogP contribution in [0.3, 0.4) is 0 Å². The number of carbonyl (C=O) groups is 2. The second-order valence-corrected chi connectivity index (χ2v) is 4.83. The molecule has 0 aliphatic rings. The highest BCUT2D eigenvalue weighted by molar-refractivity contribution is 5.94. The standard InChI is InChI=1S/C18H16O4/c1-12(2)18(20)22-17-6-4-5-16(11-17)21-15-9-7-14(8-10-15)13(3)19/h4-11H,1H2,2-3H3. The SMILES string of the molecule is C=C(C)C(=O)Oc1cccc(Oc2ccc(C(C)=O)cc2)c1. The van der Waals surface area contributed by atoms with E-state index in [9.17, 15) is 9.59 Å². The molecule has 4 nitrogen and oxygen atoms in total. The number of rotatable bonds is 5. The van der Waals surface area contributed by atoms with Crippen molar-refractivity contribution < 1.29 is 19.1 Å². The van der Waals surface area contributed by atoms with Crippen LogP contribution in [0.2, 0.25) is 0 Å². The van der Waals surface area contributed by atoms with Gasteiger partial charge in [0.2, 0.25) is 0 Å². The fraction of sp³-hybridized carbons (Fsp3) is 0.111. The van der Waals surface area contributed by atoms with Crippen LogP contribution in [0.4, 0.5) is 0 Å². The molecule has 0 aliphatic carbocycles. The van der Waals surface area contributed by atoms with E-state index in [4.69, 9.17) is 9.47 Å². The normalized spacial score (nSPS) is 9.91. The number of esters is 1. The maximum Gasteiger partial charge on any atom is 0.338 e. The van der Waals surface area contributed by atoms with Gasteiger partial charge in [-0.1, -0.05) is 12.6 Å². The van der Waals surface area contributed by atoms with Gasteiger partial charge in [0.05, 0.1) is 0 Å². The van der Waals surface area contributed by atoms with Crippen molar-refractivity contribution in [2.45, 2.75) is 13.8 Å². The van der Waals surface area contributed by atoms with Gasteiger partial charge in [0.25, 0.3) is 0 Å². The van der Waals surface area contributed by atoms with Crippen LogP contribution in [-0.2, 0) is 4.79 Å². The van der Waals surface area contributed by atoms with Crippen molar-refractivity contribution in [3.63, 3.8) is 0 Å². The lowest BCUT2D eigenvalue weighted by Crippen LogP contribution is -2.07. The van der Waals surface area contributed by atoms with E-state index in [1.54, 1.807) is 55.5 Å². The fourth-order valence-electron chi connectivity index (χ4n) is 1.69. The first-order valence-electron chi connectivity index (χ1n) is 6.72. The zero-order valence-corrected chi connectivity index (χ0v) is 12.5. The van der Waals surface area contributed by atoms with Crippen molar-refractivity contribution in [1.82, 2.24) is 0 Å². The van der Waals surface area contributed by atoms with Crippen molar-refractivity contribution in [3.8, 4) is 17.2 Å². The molecule has 0 bridgehead atoms. The van der Waals surface area contributed by atoms with Crippen molar-refractivity contribution in [3.05, 3.63) is 66.2 Å². The number of ketones is 1. The summed E-state index contributed by atoms with van der Waals surface area (Å²) in [5.74, 6) is 1.02. The van der Waals surface area contributed by atoms with E-state index >= 15 is 0 Å². The Morgan fingerprint density at radius 2 is 1.55 bits per heavy atom. The molecule has 0 saturated heterocycles. The lowest BCUT2D eigenvalue weighted by atomic mass is 10.1. The maximum atomic E-state index is 11.5. The Kier molecular flexibility index (Phi) is 4.73. The number of hydrogen-bond donors (Lipinski definition) is 0. The van der Waals surface area contributed by atoms with Gasteiger partial charge in [0.15, 0.2) is 5.78 Å². The predicted octanol–water partition coefficient (Wildman–Crippen LogP) is 4.16. The highest BCUT2D eigenvalue weighted by Crippen LogP contribution is 2.25.